The summed E-state index contributed by atoms with van der Waals surface area (Å²) in [5, 5.41) is 5.32. The predicted molar refractivity (Wildman–Crippen MR) is 69.6 cm³/mol. The molecule has 0 bridgehead atoms. The summed E-state index contributed by atoms with van der Waals surface area (Å²) in [6.07, 6.45) is 0.686. The summed E-state index contributed by atoms with van der Waals surface area (Å²) >= 11 is 5.83. The molecule has 0 fully saturated rings. The number of halogens is 1. The van der Waals surface area contributed by atoms with E-state index in [2.05, 4.69) is 15.6 Å². The molecule has 98 valence electrons. The highest BCUT2D eigenvalue weighted by atomic mass is 35.5. The molecular formula is C12H16ClN3O2. The van der Waals surface area contributed by atoms with Crippen molar-refractivity contribution in [2.45, 2.75) is 26.3 Å². The minimum atomic E-state index is -0.598. The van der Waals surface area contributed by atoms with Crippen molar-refractivity contribution in [3.05, 3.63) is 28.5 Å². The quantitative estimate of drug-likeness (QED) is 0.806. The Morgan fingerprint density at radius 1 is 1.44 bits per heavy atom. The number of amides is 2. The van der Waals surface area contributed by atoms with E-state index in [1.165, 1.54) is 13.1 Å². The molecule has 0 aliphatic heterocycles. The van der Waals surface area contributed by atoms with Crippen LogP contribution in [0, 0.1) is 0 Å². The van der Waals surface area contributed by atoms with Gasteiger partial charge in [-0.15, -0.1) is 0 Å². The summed E-state index contributed by atoms with van der Waals surface area (Å²) in [6.45, 7) is 3.54. The van der Waals surface area contributed by atoms with E-state index in [1.54, 1.807) is 13.0 Å². The molecule has 1 heterocycles. The number of rotatable bonds is 4. The Labute approximate surface area is 111 Å². The molecule has 1 aromatic rings. The van der Waals surface area contributed by atoms with Gasteiger partial charge in [0.15, 0.2) is 0 Å². The largest absolute Gasteiger partial charge is 0.357 e. The highest BCUT2D eigenvalue weighted by molar-refractivity contribution is 6.29. The first-order valence-electron chi connectivity index (χ1n) is 5.66. The van der Waals surface area contributed by atoms with Gasteiger partial charge >= 0.3 is 0 Å². The van der Waals surface area contributed by atoms with Gasteiger partial charge < -0.3 is 10.6 Å². The summed E-state index contributed by atoms with van der Waals surface area (Å²) < 4.78 is 0. The Morgan fingerprint density at radius 2 is 2.11 bits per heavy atom. The molecule has 2 amide bonds. The molecule has 0 radical (unpaired) electrons. The normalized spacial score (nSPS) is 11.8. The molecule has 1 aromatic heterocycles. The molecule has 0 aliphatic rings. The fraction of sp³-hybridized carbons (Fsp3) is 0.417. The third-order valence-corrected chi connectivity index (χ3v) is 2.65. The fourth-order valence-electron chi connectivity index (χ4n) is 1.43. The van der Waals surface area contributed by atoms with Gasteiger partial charge in [0, 0.05) is 18.3 Å². The van der Waals surface area contributed by atoms with Crippen LogP contribution >= 0.6 is 11.6 Å². The van der Waals surface area contributed by atoms with Crippen molar-refractivity contribution in [3.8, 4) is 0 Å². The van der Waals surface area contributed by atoms with Crippen LogP contribution in [0.4, 0.5) is 0 Å². The van der Waals surface area contributed by atoms with Crippen LogP contribution < -0.4 is 10.6 Å². The number of hydrogen-bond donors (Lipinski definition) is 2. The van der Waals surface area contributed by atoms with Crippen LogP contribution in [0.3, 0.4) is 0 Å². The number of aryl methyl sites for hydroxylation is 1. The van der Waals surface area contributed by atoms with Gasteiger partial charge in [-0.25, -0.2) is 4.98 Å². The summed E-state index contributed by atoms with van der Waals surface area (Å²) in [5.41, 5.74) is 1.14. The smallest absolute Gasteiger partial charge is 0.252 e. The van der Waals surface area contributed by atoms with E-state index in [9.17, 15) is 9.59 Å². The Morgan fingerprint density at radius 3 is 2.67 bits per heavy atom. The van der Waals surface area contributed by atoms with E-state index < -0.39 is 6.04 Å². The van der Waals surface area contributed by atoms with E-state index >= 15 is 0 Å². The van der Waals surface area contributed by atoms with E-state index in [4.69, 9.17) is 11.6 Å². The standard InChI is InChI=1S/C12H16ClN3O2/c1-4-9-5-8(6-10(13)16-9)12(18)15-7(2)11(17)14-3/h5-7H,4H2,1-3H3,(H,14,17)(H,15,18). The highest BCUT2D eigenvalue weighted by Gasteiger charge is 2.16. The number of carbonyl (C=O) groups excluding carboxylic acids is 2. The van der Waals surface area contributed by atoms with Gasteiger partial charge in [-0.05, 0) is 25.5 Å². The summed E-state index contributed by atoms with van der Waals surface area (Å²) in [4.78, 5) is 27.3. The number of likely N-dealkylation sites (N-methyl/N-ethyl adjacent to an activating group) is 1. The van der Waals surface area contributed by atoms with E-state index in [0.717, 1.165) is 5.69 Å². The zero-order chi connectivity index (χ0) is 13.7. The van der Waals surface area contributed by atoms with Crippen molar-refractivity contribution < 1.29 is 9.59 Å². The van der Waals surface area contributed by atoms with Gasteiger partial charge in [0.2, 0.25) is 5.91 Å². The van der Waals surface area contributed by atoms with Gasteiger partial charge in [0.05, 0.1) is 0 Å². The van der Waals surface area contributed by atoms with Crippen molar-refractivity contribution in [1.29, 1.82) is 0 Å². The second-order valence-electron chi connectivity index (χ2n) is 3.83. The first-order valence-corrected chi connectivity index (χ1v) is 6.04. The number of carbonyl (C=O) groups is 2. The van der Waals surface area contributed by atoms with Crippen molar-refractivity contribution in [2.24, 2.45) is 0 Å². The molecule has 6 heteroatoms. The molecule has 1 rings (SSSR count). The van der Waals surface area contributed by atoms with Crippen molar-refractivity contribution >= 4 is 23.4 Å². The van der Waals surface area contributed by atoms with Gasteiger partial charge in [-0.3, -0.25) is 9.59 Å². The molecule has 1 unspecified atom stereocenters. The number of pyridine rings is 1. The lowest BCUT2D eigenvalue weighted by atomic mass is 10.2. The molecule has 1 atom stereocenters. The molecule has 2 N–H and O–H groups in total. The van der Waals surface area contributed by atoms with Crippen LogP contribution in [0.2, 0.25) is 5.15 Å². The molecular weight excluding hydrogens is 254 g/mol. The van der Waals surface area contributed by atoms with Crippen LogP contribution in [-0.2, 0) is 11.2 Å². The third kappa shape index (κ3) is 3.70. The summed E-state index contributed by atoms with van der Waals surface area (Å²) in [6, 6.07) is 2.55. The maximum Gasteiger partial charge on any atom is 0.252 e. The molecule has 0 spiro atoms. The summed E-state index contributed by atoms with van der Waals surface area (Å²) in [5.74, 6) is -0.593. The van der Waals surface area contributed by atoms with Gasteiger partial charge in [-0.1, -0.05) is 18.5 Å². The number of hydrogen-bond acceptors (Lipinski definition) is 3. The predicted octanol–water partition coefficient (Wildman–Crippen LogP) is 1.16. The molecule has 0 aliphatic carbocycles. The Kier molecular flexibility index (Phi) is 5.09. The van der Waals surface area contributed by atoms with Crippen LogP contribution in [0.1, 0.15) is 29.9 Å². The molecule has 0 aromatic carbocycles. The maximum absolute atomic E-state index is 11.9. The van der Waals surface area contributed by atoms with Crippen LogP contribution in [0.5, 0.6) is 0 Å². The lowest BCUT2D eigenvalue weighted by molar-refractivity contribution is -0.122. The first-order chi connectivity index (χ1) is 8.47. The van der Waals surface area contributed by atoms with E-state index in [1.807, 2.05) is 6.92 Å². The van der Waals surface area contributed by atoms with Gasteiger partial charge in [0.25, 0.3) is 5.91 Å². The Balaban J connectivity index is 2.84. The second kappa shape index (κ2) is 6.35. The molecule has 0 saturated carbocycles. The zero-order valence-electron chi connectivity index (χ0n) is 10.6. The molecule has 0 saturated heterocycles. The minimum absolute atomic E-state index is 0.251. The highest BCUT2D eigenvalue weighted by Crippen LogP contribution is 2.11. The van der Waals surface area contributed by atoms with E-state index in [-0.39, 0.29) is 17.0 Å². The average Bonchev–Trinajstić information content (AvgIpc) is 2.36. The van der Waals surface area contributed by atoms with Crippen LogP contribution in [0.15, 0.2) is 12.1 Å². The van der Waals surface area contributed by atoms with Crippen molar-refractivity contribution in [3.63, 3.8) is 0 Å². The lowest BCUT2D eigenvalue weighted by Gasteiger charge is -2.12. The van der Waals surface area contributed by atoms with Crippen LogP contribution in [-0.4, -0.2) is 29.9 Å². The SMILES string of the molecule is CCc1cc(C(=O)NC(C)C(=O)NC)cc(Cl)n1. The average molecular weight is 270 g/mol. The van der Waals surface area contributed by atoms with Crippen molar-refractivity contribution in [1.82, 2.24) is 15.6 Å². The number of aromatic nitrogens is 1. The minimum Gasteiger partial charge on any atom is -0.357 e. The first kappa shape index (κ1) is 14.4. The monoisotopic (exact) mass is 269 g/mol. The topological polar surface area (TPSA) is 71.1 Å². The number of nitrogens with one attached hydrogen (secondary N) is 2. The molecule has 18 heavy (non-hydrogen) atoms. The maximum atomic E-state index is 11.9. The zero-order valence-corrected chi connectivity index (χ0v) is 11.3. The lowest BCUT2D eigenvalue weighted by Crippen LogP contribution is -2.43. The van der Waals surface area contributed by atoms with Crippen LogP contribution in [0.25, 0.3) is 0 Å². The van der Waals surface area contributed by atoms with Gasteiger partial charge in [-0.2, -0.15) is 0 Å². The second-order valence-corrected chi connectivity index (χ2v) is 4.22. The van der Waals surface area contributed by atoms with E-state index in [0.29, 0.717) is 12.0 Å². The summed E-state index contributed by atoms with van der Waals surface area (Å²) in [7, 11) is 1.52. The van der Waals surface area contributed by atoms with Crippen molar-refractivity contribution in [2.75, 3.05) is 7.05 Å². The Bertz CT molecular complexity index is 463. The number of nitrogens with zero attached hydrogens (tertiary/aromatic N) is 1. The van der Waals surface area contributed by atoms with Gasteiger partial charge in [0.1, 0.15) is 11.2 Å². The molecule has 5 nitrogen and oxygen atoms in total. The fourth-order valence-corrected chi connectivity index (χ4v) is 1.65. The third-order valence-electron chi connectivity index (χ3n) is 2.46. The Hall–Kier alpha value is -1.62.